The first-order chi connectivity index (χ1) is 8.09. The lowest BCUT2D eigenvalue weighted by atomic mass is 10.0. The van der Waals surface area contributed by atoms with Crippen molar-refractivity contribution in [3.8, 4) is 0 Å². The van der Waals surface area contributed by atoms with Gasteiger partial charge in [0.05, 0.1) is 11.4 Å². The Bertz CT molecular complexity index is 579. The van der Waals surface area contributed by atoms with Gasteiger partial charge in [0.25, 0.3) is 0 Å². The van der Waals surface area contributed by atoms with Crippen LogP contribution in [-0.2, 0) is 0 Å². The van der Waals surface area contributed by atoms with Crippen LogP contribution in [0.15, 0.2) is 42.5 Å². The summed E-state index contributed by atoms with van der Waals surface area (Å²) >= 11 is 0. The first-order valence-electron chi connectivity index (χ1n) is 5.08. The predicted molar refractivity (Wildman–Crippen MR) is 67.6 cm³/mol. The van der Waals surface area contributed by atoms with Gasteiger partial charge in [-0.3, -0.25) is 5.41 Å². The number of nitrogens with two attached hydrogens (primary N) is 2. The largest absolute Gasteiger partial charge is 0.399 e. The Morgan fingerprint density at radius 2 is 1.76 bits per heavy atom. The number of benzene rings is 2. The van der Waals surface area contributed by atoms with Gasteiger partial charge in [0.15, 0.2) is 0 Å². The zero-order valence-corrected chi connectivity index (χ0v) is 9.07. The molecule has 0 aliphatic carbocycles. The first-order valence-corrected chi connectivity index (χ1v) is 5.08. The van der Waals surface area contributed by atoms with Crippen molar-refractivity contribution in [2.75, 3.05) is 11.5 Å². The van der Waals surface area contributed by atoms with Crippen LogP contribution in [0.5, 0.6) is 0 Å². The number of anilines is 2. The summed E-state index contributed by atoms with van der Waals surface area (Å²) in [6, 6.07) is 11.3. The maximum atomic E-state index is 13.3. The van der Waals surface area contributed by atoms with Crippen molar-refractivity contribution < 1.29 is 4.39 Å². The lowest BCUT2D eigenvalue weighted by Gasteiger charge is -2.08. The van der Waals surface area contributed by atoms with E-state index in [1.807, 2.05) is 0 Å². The third kappa shape index (κ3) is 2.10. The second kappa shape index (κ2) is 4.25. The molecule has 0 aromatic heterocycles. The van der Waals surface area contributed by atoms with Crippen molar-refractivity contribution >= 4 is 17.1 Å². The van der Waals surface area contributed by atoms with Crippen molar-refractivity contribution in [2.24, 2.45) is 0 Å². The fraction of sp³-hybridized carbons (Fsp3) is 0. The molecule has 0 saturated carbocycles. The number of rotatable bonds is 2. The van der Waals surface area contributed by atoms with E-state index in [1.54, 1.807) is 30.3 Å². The molecule has 0 aliphatic rings. The molecule has 0 saturated heterocycles. The topological polar surface area (TPSA) is 75.9 Å². The maximum absolute atomic E-state index is 13.3. The summed E-state index contributed by atoms with van der Waals surface area (Å²) in [6.07, 6.45) is 0. The zero-order valence-electron chi connectivity index (χ0n) is 9.07. The molecule has 5 N–H and O–H groups in total. The van der Waals surface area contributed by atoms with E-state index >= 15 is 0 Å². The van der Waals surface area contributed by atoms with Crippen molar-refractivity contribution in [1.82, 2.24) is 0 Å². The molecule has 0 bridgehead atoms. The van der Waals surface area contributed by atoms with Crippen molar-refractivity contribution in [1.29, 1.82) is 5.41 Å². The van der Waals surface area contributed by atoms with Gasteiger partial charge in [-0.25, -0.2) is 4.39 Å². The van der Waals surface area contributed by atoms with Crippen LogP contribution in [0.1, 0.15) is 11.1 Å². The van der Waals surface area contributed by atoms with Crippen LogP contribution in [0.3, 0.4) is 0 Å². The van der Waals surface area contributed by atoms with Crippen LogP contribution in [-0.4, -0.2) is 5.71 Å². The van der Waals surface area contributed by atoms with Gasteiger partial charge in [0.1, 0.15) is 5.82 Å². The highest BCUT2D eigenvalue weighted by Gasteiger charge is 2.11. The molecular weight excluding hydrogens is 217 g/mol. The summed E-state index contributed by atoms with van der Waals surface area (Å²) in [5, 5.41) is 8.00. The molecule has 0 unspecified atom stereocenters. The van der Waals surface area contributed by atoms with Gasteiger partial charge in [0.2, 0.25) is 0 Å². The maximum Gasteiger partial charge on any atom is 0.146 e. The number of hydrogen-bond donors (Lipinski definition) is 3. The Hall–Kier alpha value is -2.36. The van der Waals surface area contributed by atoms with E-state index in [-0.39, 0.29) is 11.4 Å². The van der Waals surface area contributed by atoms with Crippen LogP contribution in [0.25, 0.3) is 0 Å². The lowest BCUT2D eigenvalue weighted by molar-refractivity contribution is 0.632. The first kappa shape index (κ1) is 11.1. The minimum Gasteiger partial charge on any atom is -0.399 e. The smallest absolute Gasteiger partial charge is 0.146 e. The fourth-order valence-electron chi connectivity index (χ4n) is 1.60. The average Bonchev–Trinajstić information content (AvgIpc) is 2.32. The molecule has 2 aromatic carbocycles. The minimum absolute atomic E-state index is 0.0140. The Morgan fingerprint density at radius 1 is 1.06 bits per heavy atom. The summed E-state index contributed by atoms with van der Waals surface area (Å²) in [5.41, 5.74) is 12.9. The van der Waals surface area contributed by atoms with Crippen LogP contribution >= 0.6 is 0 Å². The van der Waals surface area contributed by atoms with E-state index in [9.17, 15) is 4.39 Å². The number of nitrogens with one attached hydrogen (secondary N) is 1. The van der Waals surface area contributed by atoms with Crippen molar-refractivity contribution in [3.05, 3.63) is 59.4 Å². The quantitative estimate of drug-likeness (QED) is 0.546. The Labute approximate surface area is 98.4 Å². The van der Waals surface area contributed by atoms with Crippen molar-refractivity contribution in [2.45, 2.75) is 0 Å². The van der Waals surface area contributed by atoms with Crippen molar-refractivity contribution in [3.63, 3.8) is 0 Å². The average molecular weight is 229 g/mol. The molecule has 0 heterocycles. The molecule has 0 fully saturated rings. The van der Waals surface area contributed by atoms with E-state index in [0.29, 0.717) is 16.8 Å². The van der Waals surface area contributed by atoms with Gasteiger partial charge in [-0.15, -0.1) is 0 Å². The van der Waals surface area contributed by atoms with E-state index in [4.69, 9.17) is 16.9 Å². The molecule has 0 aliphatic heterocycles. The third-order valence-electron chi connectivity index (χ3n) is 2.50. The molecule has 17 heavy (non-hydrogen) atoms. The second-order valence-corrected chi connectivity index (χ2v) is 3.70. The third-order valence-corrected chi connectivity index (χ3v) is 2.50. The normalized spacial score (nSPS) is 10.2. The summed E-state index contributed by atoms with van der Waals surface area (Å²) in [4.78, 5) is 0. The van der Waals surface area contributed by atoms with Gasteiger partial charge in [0, 0.05) is 16.8 Å². The van der Waals surface area contributed by atoms with Gasteiger partial charge >= 0.3 is 0 Å². The van der Waals surface area contributed by atoms with Crippen LogP contribution in [0.2, 0.25) is 0 Å². The Morgan fingerprint density at radius 3 is 2.47 bits per heavy atom. The summed E-state index contributed by atoms with van der Waals surface area (Å²) in [5.74, 6) is -0.517. The molecular formula is C13H12FN3. The summed E-state index contributed by atoms with van der Waals surface area (Å²) < 4.78 is 13.3. The van der Waals surface area contributed by atoms with Crippen LogP contribution < -0.4 is 11.5 Å². The molecule has 2 rings (SSSR count). The second-order valence-electron chi connectivity index (χ2n) is 3.70. The summed E-state index contributed by atoms with van der Waals surface area (Å²) in [7, 11) is 0. The highest BCUT2D eigenvalue weighted by atomic mass is 19.1. The van der Waals surface area contributed by atoms with E-state index < -0.39 is 5.82 Å². The molecule has 0 atom stereocenters. The molecule has 0 spiro atoms. The molecule has 0 radical (unpaired) electrons. The fourth-order valence-corrected chi connectivity index (χ4v) is 1.60. The van der Waals surface area contributed by atoms with E-state index in [2.05, 4.69) is 0 Å². The van der Waals surface area contributed by atoms with Gasteiger partial charge in [-0.2, -0.15) is 0 Å². The van der Waals surface area contributed by atoms with Gasteiger partial charge in [-0.1, -0.05) is 24.3 Å². The molecule has 4 heteroatoms. The number of nitrogen functional groups attached to an aromatic ring is 2. The molecule has 0 amide bonds. The highest BCUT2D eigenvalue weighted by Crippen LogP contribution is 2.20. The predicted octanol–water partition coefficient (Wildman–Crippen LogP) is 2.41. The standard InChI is InChI=1S/C13H12FN3/c14-11-6-2-5-10(13(11)17)12(16)8-3-1-4-9(15)7-8/h1-7,16H,15,17H2. The van der Waals surface area contributed by atoms with E-state index in [1.165, 1.54) is 12.1 Å². The minimum atomic E-state index is -0.517. The lowest BCUT2D eigenvalue weighted by Crippen LogP contribution is -2.07. The Balaban J connectivity index is 2.48. The molecule has 3 nitrogen and oxygen atoms in total. The highest BCUT2D eigenvalue weighted by molar-refractivity contribution is 6.14. The Kier molecular flexibility index (Phi) is 2.78. The molecule has 86 valence electrons. The van der Waals surface area contributed by atoms with Gasteiger partial charge in [-0.05, 0) is 18.2 Å². The SMILES string of the molecule is N=C(c1cccc(N)c1)c1cccc(F)c1N. The number of para-hydroxylation sites is 1. The number of halogens is 1. The van der Waals surface area contributed by atoms with E-state index in [0.717, 1.165) is 0 Å². The van der Waals surface area contributed by atoms with Crippen LogP contribution in [0, 0.1) is 11.2 Å². The summed E-state index contributed by atoms with van der Waals surface area (Å²) in [6.45, 7) is 0. The molecule has 2 aromatic rings. The number of hydrogen-bond acceptors (Lipinski definition) is 3. The van der Waals surface area contributed by atoms with Crippen LogP contribution in [0.4, 0.5) is 15.8 Å². The van der Waals surface area contributed by atoms with Gasteiger partial charge < -0.3 is 11.5 Å². The monoisotopic (exact) mass is 229 g/mol. The zero-order chi connectivity index (χ0) is 12.4.